The molecule has 1 amide bonds. The molecule has 1 heterocycles. The number of carbonyl (C=O) groups excluding carboxylic acids is 2. The van der Waals surface area contributed by atoms with Gasteiger partial charge in [-0.15, -0.1) is 0 Å². The summed E-state index contributed by atoms with van der Waals surface area (Å²) in [5.74, 6) is -1.96. The van der Waals surface area contributed by atoms with Gasteiger partial charge in [0.2, 0.25) is 0 Å². The minimum Gasteiger partial charge on any atom is -0.507 e. The number of aliphatic hydroxyl groups excluding tert-OH is 1. The van der Waals surface area contributed by atoms with E-state index in [9.17, 15) is 19.5 Å². The predicted molar refractivity (Wildman–Crippen MR) is 129 cm³/mol. The Hall–Kier alpha value is -4.59. The Balaban J connectivity index is 1.90. The third-order valence-corrected chi connectivity index (χ3v) is 5.81. The lowest BCUT2D eigenvalue weighted by Crippen LogP contribution is -2.29. The van der Waals surface area contributed by atoms with Gasteiger partial charge in [0, 0.05) is 16.8 Å². The summed E-state index contributed by atoms with van der Waals surface area (Å²) in [4.78, 5) is 38.9. The van der Waals surface area contributed by atoms with Crippen LogP contribution in [0.3, 0.4) is 0 Å². The van der Waals surface area contributed by atoms with Crippen LogP contribution in [0, 0.1) is 0 Å². The molecule has 1 saturated heterocycles. The number of Topliss-reactive ketones (excluding diaryl/α,β-unsaturated/α-hetero) is 1. The number of ether oxygens (including phenoxy) is 2. The molecule has 1 aliphatic heterocycles. The number of benzene rings is 3. The number of hydrogen-bond acceptors (Lipinski definition) is 6. The number of anilines is 1. The monoisotopic (exact) mass is 473 g/mol. The first-order chi connectivity index (χ1) is 16.8. The van der Waals surface area contributed by atoms with E-state index in [1.807, 2.05) is 0 Å². The van der Waals surface area contributed by atoms with Gasteiger partial charge in [0.1, 0.15) is 17.3 Å². The topological polar surface area (TPSA) is 113 Å². The molecule has 0 aromatic heterocycles. The first-order valence-electron chi connectivity index (χ1n) is 10.7. The molecule has 0 saturated carbocycles. The van der Waals surface area contributed by atoms with Gasteiger partial charge in [-0.3, -0.25) is 19.3 Å². The van der Waals surface area contributed by atoms with E-state index in [1.165, 1.54) is 19.1 Å². The molecule has 1 fully saturated rings. The average molecular weight is 473 g/mol. The Labute approximate surface area is 201 Å². The molecule has 0 bridgehead atoms. The van der Waals surface area contributed by atoms with Crippen molar-refractivity contribution in [1.82, 2.24) is 0 Å². The van der Waals surface area contributed by atoms with Crippen LogP contribution in [0.5, 0.6) is 11.5 Å². The van der Waals surface area contributed by atoms with E-state index < -0.39 is 23.7 Å². The maximum atomic E-state index is 13.3. The number of amides is 1. The Morgan fingerprint density at radius 2 is 1.54 bits per heavy atom. The molecule has 1 aliphatic rings. The van der Waals surface area contributed by atoms with Crippen LogP contribution in [0.25, 0.3) is 5.76 Å². The zero-order valence-corrected chi connectivity index (χ0v) is 19.1. The van der Waals surface area contributed by atoms with Crippen molar-refractivity contribution < 1.29 is 34.1 Å². The zero-order chi connectivity index (χ0) is 25.1. The molecule has 0 aliphatic carbocycles. The minimum atomic E-state index is -0.980. The SMILES string of the molecule is COc1ccc(/C(O)=C2/C(=O)C(=O)N(c3ccc(CC(=O)O)cc3)C2c2ccccc2OC)cc1. The molecule has 8 heteroatoms. The second kappa shape index (κ2) is 9.72. The van der Waals surface area contributed by atoms with Gasteiger partial charge in [-0.1, -0.05) is 30.3 Å². The fourth-order valence-corrected chi connectivity index (χ4v) is 4.14. The van der Waals surface area contributed by atoms with Crippen LogP contribution in [0.1, 0.15) is 22.7 Å². The fraction of sp³-hybridized carbons (Fsp3) is 0.148. The molecule has 2 N–H and O–H groups in total. The van der Waals surface area contributed by atoms with Crippen molar-refractivity contribution in [2.24, 2.45) is 0 Å². The standard InChI is InChI=1S/C27H23NO7/c1-34-19-13-9-17(10-14-19)25(31)23-24(20-5-3-4-6-21(20)35-2)28(27(33)26(23)32)18-11-7-16(8-12-18)15-22(29)30/h3-14,24,31H,15H2,1-2H3,(H,29,30)/b25-23-. The lowest BCUT2D eigenvalue weighted by atomic mass is 9.94. The number of para-hydroxylation sites is 1. The summed E-state index contributed by atoms with van der Waals surface area (Å²) in [6.45, 7) is 0. The third-order valence-electron chi connectivity index (χ3n) is 5.81. The van der Waals surface area contributed by atoms with E-state index in [0.717, 1.165) is 0 Å². The highest BCUT2D eigenvalue weighted by atomic mass is 16.5. The second-order valence-corrected chi connectivity index (χ2v) is 7.88. The first kappa shape index (κ1) is 23.6. The number of aliphatic hydroxyl groups is 1. The quantitative estimate of drug-likeness (QED) is 0.303. The lowest BCUT2D eigenvalue weighted by molar-refractivity contribution is -0.136. The van der Waals surface area contributed by atoms with Crippen molar-refractivity contribution >= 4 is 29.1 Å². The van der Waals surface area contributed by atoms with E-state index in [2.05, 4.69) is 0 Å². The van der Waals surface area contributed by atoms with Gasteiger partial charge in [0.25, 0.3) is 11.7 Å². The molecule has 0 spiro atoms. The zero-order valence-electron chi connectivity index (χ0n) is 19.1. The van der Waals surface area contributed by atoms with Crippen LogP contribution in [0.4, 0.5) is 5.69 Å². The number of aliphatic carboxylic acids is 1. The summed E-state index contributed by atoms with van der Waals surface area (Å²) in [5, 5.41) is 20.3. The summed E-state index contributed by atoms with van der Waals surface area (Å²) in [7, 11) is 3.00. The number of carbonyl (C=O) groups is 3. The number of ketones is 1. The number of hydrogen-bond donors (Lipinski definition) is 2. The Morgan fingerprint density at radius 3 is 2.14 bits per heavy atom. The number of nitrogens with zero attached hydrogens (tertiary/aromatic N) is 1. The molecule has 3 aromatic rings. The Morgan fingerprint density at radius 1 is 0.886 bits per heavy atom. The number of carboxylic acid groups (broad SMARTS) is 1. The van der Waals surface area contributed by atoms with Crippen molar-refractivity contribution in [3.63, 3.8) is 0 Å². The van der Waals surface area contributed by atoms with Crippen molar-refractivity contribution in [3.05, 3.63) is 95.1 Å². The summed E-state index contributed by atoms with van der Waals surface area (Å²) in [6, 6.07) is 18.8. The largest absolute Gasteiger partial charge is 0.507 e. The molecule has 8 nitrogen and oxygen atoms in total. The summed E-state index contributed by atoms with van der Waals surface area (Å²) in [6.07, 6.45) is -0.174. The average Bonchev–Trinajstić information content (AvgIpc) is 3.13. The van der Waals surface area contributed by atoms with Gasteiger partial charge in [-0.2, -0.15) is 0 Å². The Bertz CT molecular complexity index is 1310. The van der Waals surface area contributed by atoms with E-state index in [4.69, 9.17) is 14.6 Å². The number of methoxy groups -OCH3 is 2. The third kappa shape index (κ3) is 4.46. The predicted octanol–water partition coefficient (Wildman–Crippen LogP) is 3.96. The van der Waals surface area contributed by atoms with Gasteiger partial charge in [0.15, 0.2) is 0 Å². The highest BCUT2D eigenvalue weighted by molar-refractivity contribution is 6.51. The smallest absolute Gasteiger partial charge is 0.307 e. The Kier molecular flexibility index (Phi) is 6.55. The molecule has 35 heavy (non-hydrogen) atoms. The molecule has 1 unspecified atom stereocenters. The van der Waals surface area contributed by atoms with Gasteiger partial charge in [-0.25, -0.2) is 0 Å². The summed E-state index contributed by atoms with van der Waals surface area (Å²) in [5.41, 5.74) is 1.70. The molecule has 0 radical (unpaired) electrons. The lowest BCUT2D eigenvalue weighted by Gasteiger charge is -2.26. The second-order valence-electron chi connectivity index (χ2n) is 7.88. The van der Waals surface area contributed by atoms with Gasteiger partial charge >= 0.3 is 5.97 Å². The first-order valence-corrected chi connectivity index (χ1v) is 10.7. The molecule has 178 valence electrons. The minimum absolute atomic E-state index is 0.0840. The van der Waals surface area contributed by atoms with E-state index in [0.29, 0.717) is 33.9 Å². The molecule has 1 atom stereocenters. The fourth-order valence-electron chi connectivity index (χ4n) is 4.14. The van der Waals surface area contributed by atoms with E-state index >= 15 is 0 Å². The van der Waals surface area contributed by atoms with Crippen LogP contribution in [-0.4, -0.2) is 42.1 Å². The number of carboxylic acids is 1. The maximum absolute atomic E-state index is 13.3. The maximum Gasteiger partial charge on any atom is 0.307 e. The number of rotatable bonds is 7. The highest BCUT2D eigenvalue weighted by Gasteiger charge is 2.47. The van der Waals surface area contributed by atoms with Crippen molar-refractivity contribution in [2.75, 3.05) is 19.1 Å². The highest BCUT2D eigenvalue weighted by Crippen LogP contribution is 2.44. The van der Waals surface area contributed by atoms with E-state index in [1.54, 1.807) is 72.8 Å². The normalized spacial score (nSPS) is 16.9. The van der Waals surface area contributed by atoms with Crippen LogP contribution >= 0.6 is 0 Å². The molecular weight excluding hydrogens is 450 g/mol. The van der Waals surface area contributed by atoms with Crippen molar-refractivity contribution in [3.8, 4) is 11.5 Å². The summed E-state index contributed by atoms with van der Waals surface area (Å²) < 4.78 is 10.7. The van der Waals surface area contributed by atoms with Crippen molar-refractivity contribution in [2.45, 2.75) is 12.5 Å². The van der Waals surface area contributed by atoms with Crippen molar-refractivity contribution in [1.29, 1.82) is 0 Å². The van der Waals surface area contributed by atoms with Crippen LogP contribution in [-0.2, 0) is 20.8 Å². The molecular formula is C27H23NO7. The van der Waals surface area contributed by atoms with E-state index in [-0.39, 0.29) is 17.8 Å². The molecule has 4 rings (SSSR count). The molecule has 3 aromatic carbocycles. The van der Waals surface area contributed by atoms with Gasteiger partial charge in [0.05, 0.1) is 32.3 Å². The van der Waals surface area contributed by atoms with Crippen LogP contribution in [0.2, 0.25) is 0 Å². The summed E-state index contributed by atoms with van der Waals surface area (Å²) >= 11 is 0. The van der Waals surface area contributed by atoms with Gasteiger partial charge in [-0.05, 0) is 48.0 Å². The van der Waals surface area contributed by atoms with Crippen LogP contribution < -0.4 is 14.4 Å². The van der Waals surface area contributed by atoms with Crippen LogP contribution in [0.15, 0.2) is 78.4 Å². The van der Waals surface area contributed by atoms with Gasteiger partial charge < -0.3 is 19.7 Å².